The van der Waals surface area contributed by atoms with Crippen LogP contribution in [0.1, 0.15) is 43.7 Å². The summed E-state index contributed by atoms with van der Waals surface area (Å²) < 4.78 is 11.2. The Morgan fingerprint density at radius 1 is 1.06 bits per heavy atom. The number of hydrogen-bond donors (Lipinski definition) is 3. The molecule has 4 rings (SSSR count). The fourth-order valence-corrected chi connectivity index (χ4v) is 4.90. The molecule has 8 heteroatoms. The Bertz CT molecular complexity index is 1040. The highest BCUT2D eigenvalue weighted by molar-refractivity contribution is 5.82. The monoisotopic (exact) mass is 480 g/mol. The maximum absolute atomic E-state index is 12.8. The van der Waals surface area contributed by atoms with E-state index >= 15 is 0 Å². The van der Waals surface area contributed by atoms with Crippen LogP contribution >= 0.6 is 0 Å². The lowest BCUT2D eigenvalue weighted by Gasteiger charge is -2.24. The Morgan fingerprint density at radius 2 is 1.69 bits per heavy atom. The van der Waals surface area contributed by atoms with E-state index in [2.05, 4.69) is 34.9 Å². The molecule has 0 bridgehead atoms. The minimum atomic E-state index is -0.968. The largest absolute Gasteiger partial charge is 0.481 e. The van der Waals surface area contributed by atoms with Gasteiger partial charge >= 0.3 is 12.1 Å². The van der Waals surface area contributed by atoms with Gasteiger partial charge in [0.25, 0.3) is 0 Å². The Kier molecular flexibility index (Phi) is 7.70. The summed E-state index contributed by atoms with van der Waals surface area (Å²) in [6.45, 7) is 4.58. The zero-order valence-corrected chi connectivity index (χ0v) is 20.0. The van der Waals surface area contributed by atoms with Gasteiger partial charge in [-0.1, -0.05) is 62.4 Å². The van der Waals surface area contributed by atoms with Crippen molar-refractivity contribution in [3.05, 3.63) is 59.7 Å². The molecule has 8 nitrogen and oxygen atoms in total. The van der Waals surface area contributed by atoms with Gasteiger partial charge in [0.05, 0.1) is 6.42 Å². The van der Waals surface area contributed by atoms with Crippen molar-refractivity contribution in [2.75, 3.05) is 19.8 Å². The van der Waals surface area contributed by atoms with E-state index < -0.39 is 24.2 Å². The Hall–Kier alpha value is -3.39. The number of carbonyl (C=O) groups is 3. The van der Waals surface area contributed by atoms with E-state index in [0.29, 0.717) is 13.0 Å². The van der Waals surface area contributed by atoms with Gasteiger partial charge in [-0.2, -0.15) is 0 Å². The number of rotatable bonds is 9. The third-order valence-electron chi connectivity index (χ3n) is 6.85. The van der Waals surface area contributed by atoms with Gasteiger partial charge in [0.2, 0.25) is 5.91 Å². The number of fused-ring (bicyclic) bond motifs is 3. The molecule has 1 aliphatic heterocycles. The molecule has 1 saturated heterocycles. The van der Waals surface area contributed by atoms with Gasteiger partial charge in [0.1, 0.15) is 12.7 Å². The lowest BCUT2D eigenvalue weighted by molar-refractivity contribution is -0.138. The highest BCUT2D eigenvalue weighted by Crippen LogP contribution is 2.44. The number of nitrogens with one attached hydrogen (secondary N) is 2. The summed E-state index contributed by atoms with van der Waals surface area (Å²) >= 11 is 0. The van der Waals surface area contributed by atoms with Crippen molar-refractivity contribution in [1.29, 1.82) is 0 Å². The average Bonchev–Trinajstić information content (AvgIpc) is 3.43. The molecule has 3 atom stereocenters. The van der Waals surface area contributed by atoms with Crippen LogP contribution in [0.25, 0.3) is 11.1 Å². The molecule has 1 unspecified atom stereocenters. The van der Waals surface area contributed by atoms with Gasteiger partial charge in [0, 0.05) is 31.0 Å². The molecule has 35 heavy (non-hydrogen) atoms. The number of alkyl carbamates (subject to hydrolysis) is 1. The Balaban J connectivity index is 1.30. The van der Waals surface area contributed by atoms with Crippen molar-refractivity contribution in [2.45, 2.75) is 44.8 Å². The van der Waals surface area contributed by atoms with Crippen LogP contribution in [0.5, 0.6) is 0 Å². The molecule has 2 amide bonds. The summed E-state index contributed by atoms with van der Waals surface area (Å²) in [5.74, 6) is -1.59. The van der Waals surface area contributed by atoms with Crippen LogP contribution in [0.4, 0.5) is 4.79 Å². The van der Waals surface area contributed by atoms with E-state index in [4.69, 9.17) is 14.6 Å². The van der Waals surface area contributed by atoms with Crippen molar-refractivity contribution >= 4 is 18.0 Å². The normalized spacial score (nSPS) is 19.6. The van der Waals surface area contributed by atoms with Crippen LogP contribution < -0.4 is 10.6 Å². The zero-order chi connectivity index (χ0) is 24.9. The summed E-state index contributed by atoms with van der Waals surface area (Å²) in [4.78, 5) is 36.4. The third-order valence-corrected chi connectivity index (χ3v) is 6.85. The highest BCUT2D eigenvalue weighted by Gasteiger charge is 2.36. The predicted octanol–water partition coefficient (Wildman–Crippen LogP) is 3.55. The maximum Gasteiger partial charge on any atom is 0.407 e. The lowest BCUT2D eigenvalue weighted by atomic mass is 9.97. The fourth-order valence-electron chi connectivity index (χ4n) is 4.90. The number of ether oxygens (including phenoxy) is 2. The standard InChI is InChI=1S/C27H32N2O6/c1-16(2)23(13-24(30)31)29-26(32)25-17(11-12-34-25)14-28-27(33)35-15-22-20-9-5-3-7-18(20)19-8-4-6-10-21(19)22/h3-10,16-17,22-23,25H,11-15H2,1-2H3,(H,28,33)(H,29,32)(H,30,31)/t17-,23?,25-/m0/s1. The summed E-state index contributed by atoms with van der Waals surface area (Å²) in [7, 11) is 0. The average molecular weight is 481 g/mol. The van der Waals surface area contributed by atoms with Crippen molar-refractivity contribution in [1.82, 2.24) is 10.6 Å². The first-order valence-electron chi connectivity index (χ1n) is 12.1. The minimum absolute atomic E-state index is 0.0244. The van der Waals surface area contributed by atoms with Gasteiger partial charge in [-0.25, -0.2) is 4.79 Å². The van der Waals surface area contributed by atoms with Gasteiger partial charge in [0.15, 0.2) is 0 Å². The van der Waals surface area contributed by atoms with Crippen LogP contribution in [-0.4, -0.2) is 55.0 Å². The number of carboxylic acid groups (broad SMARTS) is 1. The van der Waals surface area contributed by atoms with Gasteiger partial charge < -0.3 is 25.2 Å². The second-order valence-electron chi connectivity index (χ2n) is 9.50. The minimum Gasteiger partial charge on any atom is -0.481 e. The van der Waals surface area contributed by atoms with Crippen LogP contribution in [0.2, 0.25) is 0 Å². The Labute approximate surface area is 205 Å². The number of aliphatic carboxylic acids is 1. The van der Waals surface area contributed by atoms with E-state index in [-0.39, 0.29) is 43.2 Å². The van der Waals surface area contributed by atoms with Crippen LogP contribution in [0.3, 0.4) is 0 Å². The molecule has 2 aromatic rings. The van der Waals surface area contributed by atoms with Crippen molar-refractivity contribution in [2.24, 2.45) is 11.8 Å². The smallest absolute Gasteiger partial charge is 0.407 e. The first-order chi connectivity index (χ1) is 16.8. The van der Waals surface area contributed by atoms with E-state index in [0.717, 1.165) is 22.3 Å². The molecule has 3 N–H and O–H groups in total. The van der Waals surface area contributed by atoms with Crippen molar-refractivity contribution in [3.63, 3.8) is 0 Å². The first-order valence-corrected chi connectivity index (χ1v) is 12.1. The number of hydrogen-bond acceptors (Lipinski definition) is 5. The second-order valence-corrected chi connectivity index (χ2v) is 9.50. The third kappa shape index (κ3) is 5.65. The summed E-state index contributed by atoms with van der Waals surface area (Å²) in [5.41, 5.74) is 4.61. The molecule has 2 aromatic carbocycles. The quantitative estimate of drug-likeness (QED) is 0.506. The van der Waals surface area contributed by atoms with Crippen LogP contribution in [-0.2, 0) is 19.1 Å². The van der Waals surface area contributed by atoms with E-state index in [1.807, 2.05) is 38.1 Å². The molecule has 0 radical (unpaired) electrons. The molecule has 1 heterocycles. The van der Waals surface area contributed by atoms with E-state index in [9.17, 15) is 14.4 Å². The predicted molar refractivity (Wildman–Crippen MR) is 130 cm³/mol. The number of benzene rings is 2. The van der Waals surface area contributed by atoms with Gasteiger partial charge in [-0.3, -0.25) is 9.59 Å². The number of amides is 2. The summed E-state index contributed by atoms with van der Waals surface area (Å²) in [6, 6.07) is 15.8. The molecular weight excluding hydrogens is 448 g/mol. The van der Waals surface area contributed by atoms with Crippen molar-refractivity contribution < 1.29 is 29.0 Å². The van der Waals surface area contributed by atoms with Gasteiger partial charge in [-0.05, 0) is 34.6 Å². The molecule has 0 aromatic heterocycles. The van der Waals surface area contributed by atoms with E-state index in [1.54, 1.807) is 0 Å². The molecular formula is C27H32N2O6. The Morgan fingerprint density at radius 3 is 2.29 bits per heavy atom. The zero-order valence-electron chi connectivity index (χ0n) is 20.0. The van der Waals surface area contributed by atoms with Crippen molar-refractivity contribution in [3.8, 4) is 11.1 Å². The molecule has 0 saturated carbocycles. The SMILES string of the molecule is CC(C)C(CC(=O)O)NC(=O)[C@H]1OCC[C@H]1CNC(=O)OCC1c2ccccc2-c2ccccc21. The number of carboxylic acids is 1. The topological polar surface area (TPSA) is 114 Å². The second kappa shape index (κ2) is 10.9. The van der Waals surface area contributed by atoms with Crippen LogP contribution in [0, 0.1) is 11.8 Å². The molecule has 186 valence electrons. The van der Waals surface area contributed by atoms with E-state index in [1.165, 1.54) is 0 Å². The fraction of sp³-hybridized carbons (Fsp3) is 0.444. The summed E-state index contributed by atoms with van der Waals surface area (Å²) in [6.07, 6.45) is -0.811. The highest BCUT2D eigenvalue weighted by atomic mass is 16.5. The first kappa shape index (κ1) is 24.7. The summed E-state index contributed by atoms with van der Waals surface area (Å²) in [5, 5.41) is 14.7. The molecule has 0 spiro atoms. The number of carbonyl (C=O) groups excluding carboxylic acids is 2. The van der Waals surface area contributed by atoms with Crippen LogP contribution in [0.15, 0.2) is 48.5 Å². The maximum atomic E-state index is 12.8. The van der Waals surface area contributed by atoms with Gasteiger partial charge in [-0.15, -0.1) is 0 Å². The molecule has 2 aliphatic rings. The molecule has 1 aliphatic carbocycles. The lowest BCUT2D eigenvalue weighted by Crippen LogP contribution is -2.48. The molecule has 1 fully saturated rings.